The molecule has 1 heterocycles. The normalized spacial score (nSPS) is 12.6. The Morgan fingerprint density at radius 1 is 1.33 bits per heavy atom. The summed E-state index contributed by atoms with van der Waals surface area (Å²) in [7, 11) is 0. The maximum absolute atomic E-state index is 13.8. The molecule has 0 aliphatic heterocycles. The lowest BCUT2D eigenvalue weighted by molar-refractivity contribution is 0.526. The van der Waals surface area contributed by atoms with Crippen LogP contribution in [-0.2, 0) is 6.54 Å². The molecule has 6 heteroatoms. The number of aryl methyl sites for hydroxylation is 1. The third-order valence-corrected chi connectivity index (χ3v) is 3.99. The molecule has 0 spiro atoms. The Morgan fingerprint density at radius 3 is 2.76 bits per heavy atom. The second-order valence-electron chi connectivity index (χ2n) is 4.72. The fraction of sp³-hybridized carbons (Fsp3) is 0.400. The van der Waals surface area contributed by atoms with Gasteiger partial charge in [-0.25, -0.2) is 4.39 Å². The quantitative estimate of drug-likeness (QED) is 0.849. The Kier molecular flexibility index (Phi) is 5.62. The van der Waals surface area contributed by atoms with Gasteiger partial charge in [0.05, 0.1) is 28.0 Å². The highest BCUT2D eigenvalue weighted by molar-refractivity contribution is 6.32. The Morgan fingerprint density at radius 2 is 2.10 bits per heavy atom. The number of nitrogens with zero attached hydrogens (tertiary/aromatic N) is 2. The predicted molar refractivity (Wildman–Crippen MR) is 84.5 cm³/mol. The van der Waals surface area contributed by atoms with Crippen LogP contribution in [0.2, 0.25) is 10.0 Å². The molecule has 0 aliphatic carbocycles. The lowest BCUT2D eigenvalue weighted by Crippen LogP contribution is -2.26. The summed E-state index contributed by atoms with van der Waals surface area (Å²) in [6.45, 7) is 5.49. The average Bonchev–Trinajstić information content (AvgIpc) is 2.85. The number of halogens is 3. The standard InChI is InChI=1S/C15H18Cl2FN3/c1-3-8-19-14(10-6-5-7-12(18)13(10)17)15-11(16)9-20-21(15)4-2/h5-7,9,14,19H,3-4,8H2,1-2H3. The second kappa shape index (κ2) is 7.25. The third-order valence-electron chi connectivity index (χ3n) is 3.30. The zero-order chi connectivity index (χ0) is 15.4. The lowest BCUT2D eigenvalue weighted by atomic mass is 10.0. The van der Waals surface area contributed by atoms with Crippen molar-refractivity contribution in [1.82, 2.24) is 15.1 Å². The first kappa shape index (κ1) is 16.3. The highest BCUT2D eigenvalue weighted by Crippen LogP contribution is 2.33. The van der Waals surface area contributed by atoms with Crippen LogP contribution in [0.1, 0.15) is 37.6 Å². The number of hydrogen-bond acceptors (Lipinski definition) is 2. The zero-order valence-corrected chi connectivity index (χ0v) is 13.5. The van der Waals surface area contributed by atoms with Gasteiger partial charge in [-0.05, 0) is 31.5 Å². The van der Waals surface area contributed by atoms with Crippen molar-refractivity contribution in [2.75, 3.05) is 6.54 Å². The first-order chi connectivity index (χ1) is 10.1. The summed E-state index contributed by atoms with van der Waals surface area (Å²) in [5.41, 5.74) is 1.47. The summed E-state index contributed by atoms with van der Waals surface area (Å²) < 4.78 is 15.6. The molecule has 2 aromatic rings. The molecule has 1 atom stereocenters. The van der Waals surface area contributed by atoms with E-state index in [1.807, 2.05) is 13.0 Å². The Labute approximate surface area is 134 Å². The Bertz CT molecular complexity index is 613. The van der Waals surface area contributed by atoms with E-state index in [1.54, 1.807) is 16.9 Å². The van der Waals surface area contributed by atoms with E-state index in [0.717, 1.165) is 18.7 Å². The van der Waals surface area contributed by atoms with E-state index in [4.69, 9.17) is 23.2 Å². The summed E-state index contributed by atoms with van der Waals surface area (Å²) in [5, 5.41) is 8.29. The first-order valence-electron chi connectivity index (χ1n) is 6.98. The molecule has 1 aromatic carbocycles. The van der Waals surface area contributed by atoms with Gasteiger partial charge in [-0.2, -0.15) is 5.10 Å². The van der Waals surface area contributed by atoms with Crippen molar-refractivity contribution >= 4 is 23.2 Å². The summed E-state index contributed by atoms with van der Waals surface area (Å²) in [5.74, 6) is -0.434. The molecule has 3 nitrogen and oxygen atoms in total. The van der Waals surface area contributed by atoms with Gasteiger partial charge in [0.1, 0.15) is 5.82 Å². The maximum Gasteiger partial charge on any atom is 0.142 e. The molecule has 0 bridgehead atoms. The minimum atomic E-state index is -0.434. The fourth-order valence-corrected chi connectivity index (χ4v) is 2.78. The molecular weight excluding hydrogens is 312 g/mol. The summed E-state index contributed by atoms with van der Waals surface area (Å²) >= 11 is 12.4. The van der Waals surface area contributed by atoms with Gasteiger partial charge in [-0.3, -0.25) is 4.68 Å². The fourth-order valence-electron chi connectivity index (χ4n) is 2.30. The second-order valence-corrected chi connectivity index (χ2v) is 5.51. The van der Waals surface area contributed by atoms with Gasteiger partial charge in [0.15, 0.2) is 0 Å². The van der Waals surface area contributed by atoms with Crippen LogP contribution in [-0.4, -0.2) is 16.3 Å². The topological polar surface area (TPSA) is 29.9 Å². The minimum absolute atomic E-state index is 0.117. The minimum Gasteiger partial charge on any atom is -0.305 e. The molecule has 1 aromatic heterocycles. The van der Waals surface area contributed by atoms with Gasteiger partial charge in [-0.1, -0.05) is 42.3 Å². The molecule has 2 rings (SSSR count). The van der Waals surface area contributed by atoms with Crippen LogP contribution >= 0.6 is 23.2 Å². The van der Waals surface area contributed by atoms with Crippen LogP contribution in [0.4, 0.5) is 4.39 Å². The van der Waals surface area contributed by atoms with Crippen LogP contribution in [0.5, 0.6) is 0 Å². The van der Waals surface area contributed by atoms with Gasteiger partial charge >= 0.3 is 0 Å². The third kappa shape index (κ3) is 3.39. The molecule has 0 saturated heterocycles. The molecule has 0 aliphatic rings. The average molecular weight is 330 g/mol. The van der Waals surface area contributed by atoms with Crippen LogP contribution in [0.15, 0.2) is 24.4 Å². The molecule has 21 heavy (non-hydrogen) atoms. The van der Waals surface area contributed by atoms with E-state index in [0.29, 0.717) is 17.1 Å². The van der Waals surface area contributed by atoms with E-state index in [-0.39, 0.29) is 11.1 Å². The van der Waals surface area contributed by atoms with Crippen molar-refractivity contribution in [2.24, 2.45) is 0 Å². The molecule has 114 valence electrons. The maximum atomic E-state index is 13.8. The van der Waals surface area contributed by atoms with Crippen molar-refractivity contribution < 1.29 is 4.39 Å². The molecule has 0 saturated carbocycles. The number of rotatable bonds is 6. The van der Waals surface area contributed by atoms with Gasteiger partial charge in [0, 0.05) is 6.54 Å². The summed E-state index contributed by atoms with van der Waals surface area (Å²) in [4.78, 5) is 0. The van der Waals surface area contributed by atoms with Gasteiger partial charge in [0.25, 0.3) is 0 Å². The van der Waals surface area contributed by atoms with Crippen molar-refractivity contribution in [2.45, 2.75) is 32.9 Å². The summed E-state index contributed by atoms with van der Waals surface area (Å²) in [6, 6.07) is 4.52. The Hall–Kier alpha value is -1.10. The number of aromatic nitrogens is 2. The van der Waals surface area contributed by atoms with Gasteiger partial charge in [-0.15, -0.1) is 0 Å². The monoisotopic (exact) mass is 329 g/mol. The smallest absolute Gasteiger partial charge is 0.142 e. The van der Waals surface area contributed by atoms with Gasteiger partial charge in [0.2, 0.25) is 0 Å². The molecular formula is C15H18Cl2FN3. The van der Waals surface area contributed by atoms with E-state index in [2.05, 4.69) is 17.3 Å². The molecule has 1 unspecified atom stereocenters. The van der Waals surface area contributed by atoms with Gasteiger partial charge < -0.3 is 5.32 Å². The zero-order valence-electron chi connectivity index (χ0n) is 12.0. The molecule has 0 fully saturated rings. The van der Waals surface area contributed by atoms with E-state index in [1.165, 1.54) is 6.07 Å². The number of hydrogen-bond donors (Lipinski definition) is 1. The van der Waals surface area contributed by atoms with E-state index >= 15 is 0 Å². The van der Waals surface area contributed by atoms with E-state index in [9.17, 15) is 4.39 Å². The Balaban J connectivity index is 2.52. The lowest BCUT2D eigenvalue weighted by Gasteiger charge is -2.22. The van der Waals surface area contributed by atoms with Crippen molar-refractivity contribution in [3.05, 3.63) is 51.5 Å². The van der Waals surface area contributed by atoms with Crippen LogP contribution < -0.4 is 5.32 Å². The van der Waals surface area contributed by atoms with Crippen molar-refractivity contribution in [1.29, 1.82) is 0 Å². The van der Waals surface area contributed by atoms with Crippen LogP contribution in [0.3, 0.4) is 0 Å². The SMILES string of the molecule is CCCNC(c1cccc(F)c1Cl)c1c(Cl)cnn1CC. The largest absolute Gasteiger partial charge is 0.305 e. The summed E-state index contributed by atoms with van der Waals surface area (Å²) in [6.07, 6.45) is 2.55. The highest BCUT2D eigenvalue weighted by Gasteiger charge is 2.24. The molecule has 0 amide bonds. The van der Waals surface area contributed by atoms with Crippen molar-refractivity contribution in [3.63, 3.8) is 0 Å². The number of benzene rings is 1. The number of nitrogens with one attached hydrogen (secondary N) is 1. The molecule has 1 N–H and O–H groups in total. The highest BCUT2D eigenvalue weighted by atomic mass is 35.5. The molecule has 0 radical (unpaired) electrons. The first-order valence-corrected chi connectivity index (χ1v) is 7.74. The van der Waals surface area contributed by atoms with Crippen molar-refractivity contribution in [3.8, 4) is 0 Å². The van der Waals surface area contributed by atoms with Crippen LogP contribution in [0.25, 0.3) is 0 Å². The van der Waals surface area contributed by atoms with Crippen LogP contribution in [0, 0.1) is 5.82 Å². The van der Waals surface area contributed by atoms with E-state index < -0.39 is 5.82 Å². The predicted octanol–water partition coefficient (Wildman–Crippen LogP) is 4.44.